The quantitative estimate of drug-likeness (QED) is 0.166. The fraction of sp³-hybridized carbons (Fsp3) is 0.159. The van der Waals surface area contributed by atoms with Crippen molar-refractivity contribution in [2.75, 3.05) is 0 Å². The van der Waals surface area contributed by atoms with E-state index in [1.807, 2.05) is 74.8 Å². The summed E-state index contributed by atoms with van der Waals surface area (Å²) in [5.41, 5.74) is 12.6. The van der Waals surface area contributed by atoms with E-state index >= 15 is 0 Å². The van der Waals surface area contributed by atoms with Crippen LogP contribution in [-0.2, 0) is 26.5 Å². The van der Waals surface area contributed by atoms with E-state index in [4.69, 9.17) is 4.42 Å². The maximum absolute atomic E-state index is 6.31. The van der Waals surface area contributed by atoms with Crippen molar-refractivity contribution in [1.29, 1.82) is 0 Å². The minimum absolute atomic E-state index is 0. The molecule has 0 aliphatic heterocycles. The second-order valence-electron chi connectivity index (χ2n) is 13.5. The minimum atomic E-state index is 0. The van der Waals surface area contributed by atoms with Crippen LogP contribution in [0.4, 0.5) is 0 Å². The molecule has 0 spiro atoms. The molecule has 4 aromatic carbocycles. The van der Waals surface area contributed by atoms with Crippen LogP contribution in [-0.4, -0.2) is 15.0 Å². The molecule has 0 saturated heterocycles. The zero-order valence-corrected chi connectivity index (χ0v) is 30.7. The molecule has 4 heterocycles. The van der Waals surface area contributed by atoms with Gasteiger partial charge in [0.05, 0.1) is 11.1 Å². The van der Waals surface area contributed by atoms with Gasteiger partial charge in [-0.25, -0.2) is 0 Å². The average Bonchev–Trinajstić information content (AvgIpc) is 3.48. The van der Waals surface area contributed by atoms with E-state index in [1.54, 1.807) is 0 Å². The number of aromatic nitrogens is 3. The van der Waals surface area contributed by atoms with Crippen LogP contribution in [0.1, 0.15) is 37.6 Å². The third kappa shape index (κ3) is 7.54. The summed E-state index contributed by atoms with van der Waals surface area (Å²) in [6.45, 7) is 10.8. The molecule has 245 valence electrons. The number of furan rings is 1. The van der Waals surface area contributed by atoms with Crippen molar-refractivity contribution < 1.29 is 24.5 Å². The summed E-state index contributed by atoms with van der Waals surface area (Å²) in [6, 6.07) is 43.8. The minimum Gasteiger partial charge on any atom is -0.500 e. The van der Waals surface area contributed by atoms with Crippen LogP contribution in [0.25, 0.3) is 66.5 Å². The Morgan fingerprint density at radius 1 is 0.673 bits per heavy atom. The topological polar surface area (TPSA) is 51.8 Å². The van der Waals surface area contributed by atoms with Gasteiger partial charge in [0.15, 0.2) is 0 Å². The molecule has 0 atom stereocenters. The molecule has 8 rings (SSSR count). The van der Waals surface area contributed by atoms with Crippen LogP contribution >= 0.6 is 0 Å². The summed E-state index contributed by atoms with van der Waals surface area (Å²) in [5.74, 6) is 0. The number of fused-ring (bicyclic) bond motifs is 5. The Balaban J connectivity index is 0.000000167. The van der Waals surface area contributed by atoms with Gasteiger partial charge in [-0.2, -0.15) is 0 Å². The van der Waals surface area contributed by atoms with Gasteiger partial charge in [-0.1, -0.05) is 74.2 Å². The number of pyridine rings is 3. The van der Waals surface area contributed by atoms with Crippen molar-refractivity contribution in [3.63, 3.8) is 0 Å². The molecule has 0 amide bonds. The van der Waals surface area contributed by atoms with E-state index in [0.717, 1.165) is 73.0 Å². The summed E-state index contributed by atoms with van der Waals surface area (Å²) in [5, 5.41) is 3.20. The molecular formula is C44H37IrN3O-2. The van der Waals surface area contributed by atoms with Crippen LogP contribution < -0.4 is 0 Å². The first-order valence-corrected chi connectivity index (χ1v) is 16.3. The maximum Gasteiger partial charge on any atom is 0.130 e. The molecule has 0 unspecified atom stereocenters. The molecule has 0 bridgehead atoms. The van der Waals surface area contributed by atoms with E-state index in [1.165, 1.54) is 16.7 Å². The average molecular weight is 816 g/mol. The van der Waals surface area contributed by atoms with Crippen molar-refractivity contribution in [1.82, 2.24) is 15.0 Å². The third-order valence-corrected chi connectivity index (χ3v) is 8.34. The predicted molar refractivity (Wildman–Crippen MR) is 198 cm³/mol. The van der Waals surface area contributed by atoms with Gasteiger partial charge in [0, 0.05) is 49.0 Å². The monoisotopic (exact) mass is 816 g/mol. The summed E-state index contributed by atoms with van der Waals surface area (Å²) < 4.78 is 6.31. The standard InChI is InChI=1S/C22H15N2O.C22H22N.Ir/c1-13-6-10-19(23-12-13)17-5-3-4-15-16-9-11-20-18(8-7-14(2)24-20)22(16)25-21(15)17;1-22(2,3)16-17-9-11-18(12-10-17)20-13-14-23-21(15-20)19-7-5-4-6-8-19;/h3-4,6-12H,1-2H3;4-7,9-15H,16H2,1-3H3;/q2*-1;. The summed E-state index contributed by atoms with van der Waals surface area (Å²) in [6.07, 6.45) is 4.83. The Morgan fingerprint density at radius 2 is 1.47 bits per heavy atom. The summed E-state index contributed by atoms with van der Waals surface area (Å²) in [7, 11) is 0. The number of aryl methyl sites for hydroxylation is 2. The van der Waals surface area contributed by atoms with Gasteiger partial charge in [0.1, 0.15) is 5.58 Å². The Hall–Kier alpha value is -4.96. The Bertz CT molecular complexity index is 2350. The third-order valence-electron chi connectivity index (χ3n) is 8.34. The molecule has 4 aromatic heterocycles. The van der Waals surface area contributed by atoms with E-state index in [9.17, 15) is 0 Å². The SMILES string of the molecule is CC(C)(C)Cc1ccc(-c2ccnc(-c3[c-]cccc3)c2)cc1.Cc1ccc(-c2[c-]ccc3c2oc2c4ccc(C)nc4ccc32)nc1.[Ir]. The van der Waals surface area contributed by atoms with Crippen LogP contribution in [0.5, 0.6) is 0 Å². The molecule has 0 aliphatic carbocycles. The number of hydrogen-bond acceptors (Lipinski definition) is 4. The molecule has 5 heteroatoms. The Morgan fingerprint density at radius 3 is 2.20 bits per heavy atom. The van der Waals surface area contributed by atoms with Gasteiger partial charge in [0.25, 0.3) is 0 Å². The first-order chi connectivity index (χ1) is 23.2. The summed E-state index contributed by atoms with van der Waals surface area (Å²) >= 11 is 0. The van der Waals surface area contributed by atoms with Crippen molar-refractivity contribution in [3.05, 3.63) is 151 Å². The maximum atomic E-state index is 6.31. The summed E-state index contributed by atoms with van der Waals surface area (Å²) in [4.78, 5) is 13.6. The zero-order valence-electron chi connectivity index (χ0n) is 28.3. The van der Waals surface area contributed by atoms with Crippen LogP contribution in [0.3, 0.4) is 0 Å². The molecule has 4 nitrogen and oxygen atoms in total. The van der Waals surface area contributed by atoms with Gasteiger partial charge < -0.3 is 14.4 Å². The van der Waals surface area contributed by atoms with Gasteiger partial charge >= 0.3 is 0 Å². The van der Waals surface area contributed by atoms with E-state index in [2.05, 4.69) is 109 Å². The largest absolute Gasteiger partial charge is 0.500 e. The molecule has 0 fully saturated rings. The number of benzene rings is 4. The number of nitrogens with zero attached hydrogens (tertiary/aromatic N) is 3. The van der Waals surface area contributed by atoms with Crippen LogP contribution in [0, 0.1) is 31.4 Å². The fourth-order valence-corrected chi connectivity index (χ4v) is 6.05. The van der Waals surface area contributed by atoms with Crippen molar-refractivity contribution in [2.45, 2.75) is 41.0 Å². The van der Waals surface area contributed by atoms with Gasteiger partial charge in [-0.3, -0.25) is 4.98 Å². The molecule has 1 radical (unpaired) electrons. The Labute approximate surface area is 301 Å². The fourth-order valence-electron chi connectivity index (χ4n) is 6.05. The first-order valence-electron chi connectivity index (χ1n) is 16.3. The van der Waals surface area contributed by atoms with Crippen molar-refractivity contribution >= 4 is 32.8 Å². The first kappa shape index (κ1) is 33.9. The number of rotatable bonds is 4. The number of hydrogen-bond donors (Lipinski definition) is 0. The second-order valence-corrected chi connectivity index (χ2v) is 13.5. The zero-order chi connectivity index (χ0) is 33.3. The van der Waals surface area contributed by atoms with Gasteiger partial charge in [-0.05, 0) is 89.7 Å². The normalized spacial score (nSPS) is 11.3. The molecule has 0 saturated carbocycles. The van der Waals surface area contributed by atoms with Gasteiger partial charge in [0.2, 0.25) is 0 Å². The van der Waals surface area contributed by atoms with E-state index < -0.39 is 0 Å². The Kier molecular flexibility index (Phi) is 9.87. The van der Waals surface area contributed by atoms with E-state index in [-0.39, 0.29) is 20.1 Å². The van der Waals surface area contributed by atoms with Crippen LogP contribution in [0.15, 0.2) is 126 Å². The molecule has 0 aliphatic rings. The van der Waals surface area contributed by atoms with Crippen LogP contribution in [0.2, 0.25) is 0 Å². The molecule has 0 N–H and O–H groups in total. The van der Waals surface area contributed by atoms with E-state index in [0.29, 0.717) is 5.41 Å². The van der Waals surface area contributed by atoms with Gasteiger partial charge in [-0.15, -0.1) is 54.1 Å². The molecule has 49 heavy (non-hydrogen) atoms. The smallest absolute Gasteiger partial charge is 0.130 e. The predicted octanol–water partition coefficient (Wildman–Crippen LogP) is 11.4. The molecule has 8 aromatic rings. The van der Waals surface area contributed by atoms with Crippen molar-refractivity contribution in [3.8, 4) is 33.6 Å². The molecular weight excluding hydrogens is 779 g/mol. The van der Waals surface area contributed by atoms with Crippen molar-refractivity contribution in [2.24, 2.45) is 5.41 Å². The second kappa shape index (κ2) is 14.3.